The first-order chi connectivity index (χ1) is 7.06. The number of hydrogen-bond acceptors (Lipinski definition) is 3. The van der Waals surface area contributed by atoms with E-state index in [1.807, 2.05) is 0 Å². The highest BCUT2D eigenvalue weighted by molar-refractivity contribution is 5.93. The van der Waals surface area contributed by atoms with Crippen LogP contribution in [0.2, 0.25) is 0 Å². The molecule has 0 aromatic heterocycles. The monoisotopic (exact) mass is 211 g/mol. The minimum Gasteiger partial charge on any atom is -0.497 e. The van der Waals surface area contributed by atoms with Gasteiger partial charge in [-0.2, -0.15) is 0 Å². The van der Waals surface area contributed by atoms with Crippen molar-refractivity contribution in [3.8, 4) is 5.75 Å². The Bertz CT molecular complexity index is 324. The van der Waals surface area contributed by atoms with E-state index in [-0.39, 0.29) is 11.3 Å². The average molecular weight is 211 g/mol. The molecule has 0 saturated carbocycles. The lowest BCUT2D eigenvalue weighted by molar-refractivity contribution is 0.0698. The number of aromatic carboxylic acids is 1. The molecule has 0 bridgehead atoms. The predicted octanol–water partition coefficient (Wildman–Crippen LogP) is 2.39. The van der Waals surface area contributed by atoms with Crippen LogP contribution >= 0.6 is 0 Å². The molecule has 0 heterocycles. The van der Waals surface area contributed by atoms with E-state index in [2.05, 4.69) is 13.8 Å². The molecule has 1 rings (SSSR count). The summed E-state index contributed by atoms with van der Waals surface area (Å²) >= 11 is 0. The molecule has 0 atom stereocenters. The summed E-state index contributed by atoms with van der Waals surface area (Å²) in [6.07, 6.45) is 1.25. The van der Waals surface area contributed by atoms with Crippen LogP contribution in [0, 0.1) is 0 Å². The Labute approximate surface area is 89.7 Å². The zero-order chi connectivity index (χ0) is 11.8. The minimum atomic E-state index is -1.03. The van der Waals surface area contributed by atoms with Gasteiger partial charge < -0.3 is 15.6 Å². The first kappa shape index (κ1) is 13.3. The summed E-state index contributed by atoms with van der Waals surface area (Å²) in [4.78, 5) is 10.5. The van der Waals surface area contributed by atoms with Crippen LogP contribution < -0.4 is 10.5 Å². The number of nitrogens with two attached hydrogens (primary N) is 1. The van der Waals surface area contributed by atoms with Crippen molar-refractivity contribution in [2.45, 2.75) is 20.3 Å². The van der Waals surface area contributed by atoms with Gasteiger partial charge in [-0.1, -0.05) is 20.3 Å². The number of ether oxygens (including phenoxy) is 1. The molecule has 0 aliphatic heterocycles. The molecule has 0 fully saturated rings. The van der Waals surface area contributed by atoms with Crippen molar-refractivity contribution in [2.75, 3.05) is 12.8 Å². The molecule has 0 unspecified atom stereocenters. The molecule has 15 heavy (non-hydrogen) atoms. The number of nitrogen functional groups attached to an aromatic ring is 1. The predicted molar refractivity (Wildman–Crippen MR) is 60.3 cm³/mol. The summed E-state index contributed by atoms with van der Waals surface area (Å²) < 4.78 is 4.86. The van der Waals surface area contributed by atoms with Crippen molar-refractivity contribution in [3.63, 3.8) is 0 Å². The maximum absolute atomic E-state index is 10.5. The third kappa shape index (κ3) is 4.35. The maximum Gasteiger partial charge on any atom is 0.337 e. The zero-order valence-corrected chi connectivity index (χ0v) is 9.28. The number of anilines is 1. The summed E-state index contributed by atoms with van der Waals surface area (Å²) in [7, 11) is 1.50. The van der Waals surface area contributed by atoms with Crippen molar-refractivity contribution in [1.29, 1.82) is 0 Å². The van der Waals surface area contributed by atoms with E-state index >= 15 is 0 Å². The Hall–Kier alpha value is -1.71. The molecule has 0 amide bonds. The van der Waals surface area contributed by atoms with Crippen molar-refractivity contribution in [3.05, 3.63) is 23.8 Å². The third-order valence-corrected chi connectivity index (χ3v) is 1.49. The van der Waals surface area contributed by atoms with Gasteiger partial charge in [0.2, 0.25) is 0 Å². The zero-order valence-electron chi connectivity index (χ0n) is 9.28. The fraction of sp³-hybridized carbons (Fsp3) is 0.364. The van der Waals surface area contributed by atoms with Gasteiger partial charge in [-0.05, 0) is 12.1 Å². The first-order valence-corrected chi connectivity index (χ1v) is 4.73. The largest absolute Gasteiger partial charge is 0.497 e. The Kier molecular flexibility index (Phi) is 5.94. The Morgan fingerprint density at radius 1 is 1.47 bits per heavy atom. The summed E-state index contributed by atoms with van der Waals surface area (Å²) in [5, 5.41) is 8.61. The lowest BCUT2D eigenvalue weighted by atomic mass is 10.2. The molecule has 1 aromatic carbocycles. The van der Waals surface area contributed by atoms with Gasteiger partial charge in [-0.25, -0.2) is 4.79 Å². The second kappa shape index (κ2) is 6.70. The first-order valence-electron chi connectivity index (χ1n) is 4.73. The number of rotatable bonds is 2. The van der Waals surface area contributed by atoms with Crippen LogP contribution in [0.4, 0.5) is 5.69 Å². The Balaban J connectivity index is 0.000000583. The fourth-order valence-electron chi connectivity index (χ4n) is 0.863. The van der Waals surface area contributed by atoms with E-state index in [0.717, 1.165) is 0 Å². The van der Waals surface area contributed by atoms with Crippen LogP contribution in [-0.4, -0.2) is 18.2 Å². The van der Waals surface area contributed by atoms with Crippen LogP contribution in [-0.2, 0) is 0 Å². The van der Waals surface area contributed by atoms with Gasteiger partial charge in [0, 0.05) is 11.8 Å². The number of carboxylic acid groups (broad SMARTS) is 1. The van der Waals surface area contributed by atoms with Gasteiger partial charge in [0.15, 0.2) is 0 Å². The molecular formula is C11H17NO3. The van der Waals surface area contributed by atoms with E-state index in [0.29, 0.717) is 5.75 Å². The van der Waals surface area contributed by atoms with E-state index < -0.39 is 5.97 Å². The lowest BCUT2D eigenvalue weighted by Crippen LogP contribution is -2.02. The van der Waals surface area contributed by atoms with Gasteiger partial charge in [0.1, 0.15) is 5.75 Å². The Morgan fingerprint density at radius 2 is 2.00 bits per heavy atom. The smallest absolute Gasteiger partial charge is 0.337 e. The average Bonchev–Trinajstić information content (AvgIpc) is 2.18. The fourth-order valence-corrected chi connectivity index (χ4v) is 0.863. The molecule has 0 aliphatic rings. The molecule has 0 spiro atoms. The quantitative estimate of drug-likeness (QED) is 0.737. The van der Waals surface area contributed by atoms with E-state index in [1.165, 1.54) is 25.7 Å². The second-order valence-electron chi connectivity index (χ2n) is 2.97. The highest BCUT2D eigenvalue weighted by Gasteiger charge is 2.07. The van der Waals surface area contributed by atoms with Crippen molar-refractivity contribution in [1.82, 2.24) is 0 Å². The molecule has 0 saturated heterocycles. The molecule has 3 N–H and O–H groups in total. The Morgan fingerprint density at radius 3 is 2.33 bits per heavy atom. The van der Waals surface area contributed by atoms with Gasteiger partial charge in [-0.3, -0.25) is 0 Å². The van der Waals surface area contributed by atoms with Crippen molar-refractivity contribution < 1.29 is 14.6 Å². The maximum atomic E-state index is 10.5. The molecule has 1 aromatic rings. The van der Waals surface area contributed by atoms with Crippen LogP contribution in [0.15, 0.2) is 18.2 Å². The highest BCUT2D eigenvalue weighted by atomic mass is 16.5. The molecule has 4 nitrogen and oxygen atoms in total. The number of carboxylic acids is 1. The molecule has 84 valence electrons. The van der Waals surface area contributed by atoms with E-state index in [1.54, 1.807) is 6.07 Å². The molecule has 4 heteroatoms. The summed E-state index contributed by atoms with van der Waals surface area (Å²) in [5.74, 6) is -0.479. The number of hydrogen-bond donors (Lipinski definition) is 2. The van der Waals surface area contributed by atoms with Crippen LogP contribution in [0.1, 0.15) is 30.6 Å². The number of benzene rings is 1. The van der Waals surface area contributed by atoms with Gasteiger partial charge in [0.25, 0.3) is 0 Å². The molecule has 0 radical (unpaired) electrons. The van der Waals surface area contributed by atoms with Gasteiger partial charge >= 0.3 is 5.97 Å². The highest BCUT2D eigenvalue weighted by Crippen LogP contribution is 2.19. The third-order valence-electron chi connectivity index (χ3n) is 1.49. The van der Waals surface area contributed by atoms with Crippen LogP contribution in [0.25, 0.3) is 0 Å². The SMILES string of the molecule is CCC.COc1ccc(C(=O)O)c(N)c1. The van der Waals surface area contributed by atoms with Crippen molar-refractivity contribution in [2.24, 2.45) is 0 Å². The topological polar surface area (TPSA) is 72.5 Å². The minimum absolute atomic E-state index is 0.0933. The molecular weight excluding hydrogens is 194 g/mol. The van der Waals surface area contributed by atoms with Gasteiger partial charge in [0.05, 0.1) is 12.7 Å². The van der Waals surface area contributed by atoms with Gasteiger partial charge in [-0.15, -0.1) is 0 Å². The standard InChI is InChI=1S/C8H9NO3.C3H8/c1-12-5-2-3-6(8(10)11)7(9)4-5;1-3-2/h2-4H,9H2,1H3,(H,10,11);3H2,1-2H3. The summed E-state index contributed by atoms with van der Waals surface area (Å²) in [5.41, 5.74) is 5.74. The number of carbonyl (C=O) groups is 1. The second-order valence-corrected chi connectivity index (χ2v) is 2.97. The molecule has 0 aliphatic carbocycles. The van der Waals surface area contributed by atoms with E-state index in [9.17, 15) is 4.79 Å². The van der Waals surface area contributed by atoms with Crippen LogP contribution in [0.5, 0.6) is 5.75 Å². The lowest BCUT2D eigenvalue weighted by Gasteiger charge is -2.03. The number of methoxy groups -OCH3 is 1. The summed E-state index contributed by atoms with van der Waals surface area (Å²) in [6.45, 7) is 4.25. The van der Waals surface area contributed by atoms with E-state index in [4.69, 9.17) is 15.6 Å². The van der Waals surface area contributed by atoms with Crippen molar-refractivity contribution >= 4 is 11.7 Å². The van der Waals surface area contributed by atoms with Crippen LogP contribution in [0.3, 0.4) is 0 Å². The summed E-state index contributed by atoms with van der Waals surface area (Å²) in [6, 6.07) is 4.44. The normalized spacial score (nSPS) is 8.73.